The molecule has 0 atom stereocenters. The van der Waals surface area contributed by atoms with Crippen molar-refractivity contribution in [3.63, 3.8) is 0 Å². The Morgan fingerprint density at radius 3 is 2.37 bits per heavy atom. The van der Waals surface area contributed by atoms with Gasteiger partial charge >= 0.3 is 0 Å². The monoisotopic (exact) mass is 277 g/mol. The molecular weight excluding hydrogens is 252 g/mol. The molecule has 2 nitrogen and oxygen atoms in total. The van der Waals surface area contributed by atoms with Gasteiger partial charge in [-0.2, -0.15) is 0 Å². The van der Waals surface area contributed by atoms with Crippen LogP contribution in [0.4, 0.5) is 0 Å². The fraction of sp³-hybridized carbons (Fsp3) is 0.500. The van der Waals surface area contributed by atoms with Gasteiger partial charge in [-0.05, 0) is 42.1 Å². The van der Waals surface area contributed by atoms with Gasteiger partial charge in [0.2, 0.25) is 9.04 Å². The zero-order valence-electron chi connectivity index (χ0n) is 12.7. The van der Waals surface area contributed by atoms with Crippen LogP contribution in [0.3, 0.4) is 0 Å². The highest BCUT2D eigenvalue weighted by Crippen LogP contribution is 2.33. The van der Waals surface area contributed by atoms with Gasteiger partial charge in [0.05, 0.1) is 6.61 Å². The average molecular weight is 277 g/mol. The standard InChI is InChI=1S/C16H25O2Si/c1-7-8-12-13(11-18-19(5)6)14(16(2,3)4)9-10-15(12)17/h7,9-10,17H,1,8,11H2,2-6H3. The van der Waals surface area contributed by atoms with E-state index in [-0.39, 0.29) is 5.41 Å². The van der Waals surface area contributed by atoms with Gasteiger partial charge in [0.15, 0.2) is 0 Å². The number of phenolic OH excluding ortho intramolecular Hbond substituents is 1. The molecule has 1 aromatic rings. The maximum atomic E-state index is 10.1. The number of hydrogen-bond donors (Lipinski definition) is 1. The molecule has 1 N–H and O–H groups in total. The van der Waals surface area contributed by atoms with Crippen LogP contribution in [0, 0.1) is 0 Å². The lowest BCUT2D eigenvalue weighted by Gasteiger charge is -2.26. The number of hydrogen-bond acceptors (Lipinski definition) is 2. The minimum absolute atomic E-state index is 0.0384. The molecule has 0 saturated carbocycles. The van der Waals surface area contributed by atoms with Crippen molar-refractivity contribution in [3.05, 3.63) is 41.5 Å². The molecule has 0 aliphatic rings. The summed E-state index contributed by atoms with van der Waals surface area (Å²) in [6, 6.07) is 3.80. The number of phenols is 1. The fourth-order valence-electron chi connectivity index (χ4n) is 2.14. The highest BCUT2D eigenvalue weighted by molar-refractivity contribution is 6.48. The Bertz CT molecular complexity index is 445. The molecule has 0 saturated heterocycles. The molecule has 19 heavy (non-hydrogen) atoms. The molecule has 1 radical (unpaired) electrons. The van der Waals surface area contributed by atoms with Gasteiger partial charge in [0.1, 0.15) is 5.75 Å². The second-order valence-corrected chi connectivity index (χ2v) is 8.13. The van der Waals surface area contributed by atoms with Crippen molar-refractivity contribution in [1.82, 2.24) is 0 Å². The first kappa shape index (κ1) is 16.0. The molecule has 0 aromatic heterocycles. The topological polar surface area (TPSA) is 29.5 Å². The first-order chi connectivity index (χ1) is 8.77. The van der Waals surface area contributed by atoms with E-state index in [1.165, 1.54) is 5.56 Å². The Labute approximate surface area is 118 Å². The summed E-state index contributed by atoms with van der Waals surface area (Å²) < 4.78 is 5.86. The molecule has 0 fully saturated rings. The molecular formula is C16H25O2Si. The Balaban J connectivity index is 3.31. The van der Waals surface area contributed by atoms with E-state index in [0.717, 1.165) is 11.1 Å². The van der Waals surface area contributed by atoms with Crippen LogP contribution in [-0.2, 0) is 22.9 Å². The van der Waals surface area contributed by atoms with Crippen LogP contribution in [0.1, 0.15) is 37.5 Å². The van der Waals surface area contributed by atoms with Gasteiger partial charge in [-0.1, -0.05) is 32.9 Å². The van der Waals surface area contributed by atoms with Gasteiger partial charge in [0.25, 0.3) is 0 Å². The van der Waals surface area contributed by atoms with E-state index in [0.29, 0.717) is 18.8 Å². The minimum atomic E-state index is -0.745. The summed E-state index contributed by atoms with van der Waals surface area (Å²) in [5.41, 5.74) is 3.35. The zero-order chi connectivity index (χ0) is 14.6. The van der Waals surface area contributed by atoms with Crippen molar-refractivity contribution in [2.24, 2.45) is 0 Å². The van der Waals surface area contributed by atoms with E-state index in [1.807, 2.05) is 12.1 Å². The van der Waals surface area contributed by atoms with Gasteiger partial charge in [0, 0.05) is 5.56 Å². The number of aromatic hydroxyl groups is 1. The van der Waals surface area contributed by atoms with Gasteiger partial charge < -0.3 is 9.53 Å². The third kappa shape index (κ3) is 4.22. The SMILES string of the molecule is C=CCc1c(O)ccc(C(C)(C)C)c1CO[Si](C)C. The van der Waals surface area contributed by atoms with E-state index in [1.54, 1.807) is 6.07 Å². The third-order valence-corrected chi connectivity index (χ3v) is 3.79. The minimum Gasteiger partial charge on any atom is -0.508 e. The largest absolute Gasteiger partial charge is 0.508 e. The van der Waals surface area contributed by atoms with Gasteiger partial charge in [-0.25, -0.2) is 0 Å². The molecule has 0 amide bonds. The molecule has 3 heteroatoms. The summed E-state index contributed by atoms with van der Waals surface area (Å²) in [6.07, 6.45) is 2.50. The first-order valence-electron chi connectivity index (χ1n) is 6.65. The first-order valence-corrected chi connectivity index (χ1v) is 9.06. The van der Waals surface area contributed by atoms with E-state index in [4.69, 9.17) is 4.43 Å². The molecule has 0 aliphatic carbocycles. The van der Waals surface area contributed by atoms with Crippen molar-refractivity contribution in [1.29, 1.82) is 0 Å². The molecule has 0 heterocycles. The predicted molar refractivity (Wildman–Crippen MR) is 83.0 cm³/mol. The Morgan fingerprint density at radius 1 is 1.26 bits per heavy atom. The third-order valence-electron chi connectivity index (χ3n) is 3.07. The van der Waals surface area contributed by atoms with Crippen LogP contribution >= 0.6 is 0 Å². The summed E-state index contributed by atoms with van der Waals surface area (Å²) in [7, 11) is -0.745. The zero-order valence-corrected chi connectivity index (χ0v) is 13.7. The number of benzene rings is 1. The van der Waals surface area contributed by atoms with Crippen molar-refractivity contribution in [3.8, 4) is 5.75 Å². The quantitative estimate of drug-likeness (QED) is 0.646. The fourth-order valence-corrected chi connectivity index (χ4v) is 2.57. The summed E-state index contributed by atoms with van der Waals surface area (Å²) in [5, 5.41) is 10.1. The summed E-state index contributed by atoms with van der Waals surface area (Å²) in [4.78, 5) is 0. The van der Waals surface area contributed by atoms with Crippen LogP contribution in [0.25, 0.3) is 0 Å². The molecule has 0 aliphatic heterocycles. The van der Waals surface area contributed by atoms with Crippen molar-refractivity contribution in [2.45, 2.75) is 52.3 Å². The van der Waals surface area contributed by atoms with Crippen molar-refractivity contribution < 1.29 is 9.53 Å². The van der Waals surface area contributed by atoms with Crippen molar-refractivity contribution >= 4 is 9.04 Å². The Hall–Kier alpha value is -1.06. The lowest BCUT2D eigenvalue weighted by atomic mass is 9.81. The molecule has 1 rings (SSSR count). The summed E-state index contributed by atoms with van der Waals surface area (Å²) >= 11 is 0. The van der Waals surface area contributed by atoms with Crippen LogP contribution in [0.2, 0.25) is 13.1 Å². The number of rotatable bonds is 5. The molecule has 0 unspecified atom stereocenters. The molecule has 1 aromatic carbocycles. The maximum Gasteiger partial charge on any atom is 0.205 e. The smallest absolute Gasteiger partial charge is 0.205 e. The van der Waals surface area contributed by atoms with E-state index >= 15 is 0 Å². The second kappa shape index (κ2) is 6.39. The molecule has 105 valence electrons. The average Bonchev–Trinajstić information content (AvgIpc) is 2.28. The molecule has 0 spiro atoms. The Morgan fingerprint density at radius 2 is 1.89 bits per heavy atom. The lowest BCUT2D eigenvalue weighted by Crippen LogP contribution is -2.18. The second-order valence-electron chi connectivity index (χ2n) is 6.03. The highest BCUT2D eigenvalue weighted by Gasteiger charge is 2.22. The van der Waals surface area contributed by atoms with E-state index in [2.05, 4.69) is 40.4 Å². The van der Waals surface area contributed by atoms with E-state index < -0.39 is 9.04 Å². The summed E-state index contributed by atoms with van der Waals surface area (Å²) in [6.45, 7) is 15.2. The Kier molecular flexibility index (Phi) is 5.38. The highest BCUT2D eigenvalue weighted by atomic mass is 28.3. The van der Waals surface area contributed by atoms with Crippen LogP contribution in [0.5, 0.6) is 5.75 Å². The van der Waals surface area contributed by atoms with Gasteiger partial charge in [-0.3, -0.25) is 0 Å². The van der Waals surface area contributed by atoms with Crippen LogP contribution < -0.4 is 0 Å². The number of allylic oxidation sites excluding steroid dienone is 1. The van der Waals surface area contributed by atoms with E-state index in [9.17, 15) is 5.11 Å². The van der Waals surface area contributed by atoms with Crippen LogP contribution in [0.15, 0.2) is 24.8 Å². The predicted octanol–water partition coefficient (Wildman–Crippen LogP) is 4.19. The van der Waals surface area contributed by atoms with Crippen molar-refractivity contribution in [2.75, 3.05) is 0 Å². The normalized spacial score (nSPS) is 11.9. The lowest BCUT2D eigenvalue weighted by molar-refractivity contribution is 0.308. The maximum absolute atomic E-state index is 10.1. The molecule has 0 bridgehead atoms. The van der Waals surface area contributed by atoms with Crippen LogP contribution in [-0.4, -0.2) is 14.1 Å². The van der Waals surface area contributed by atoms with Gasteiger partial charge in [-0.15, -0.1) is 6.58 Å². The summed E-state index contributed by atoms with van der Waals surface area (Å²) in [5.74, 6) is 0.340.